The number of ketones is 1. The van der Waals surface area contributed by atoms with E-state index in [1.807, 2.05) is 13.0 Å². The van der Waals surface area contributed by atoms with E-state index < -0.39 is 0 Å². The third-order valence-electron chi connectivity index (χ3n) is 3.43. The Balaban J connectivity index is 3.05. The standard InChI is InChI=1S/C15H22O/c1-11(13(3)16)8-9-14-12(2)7-6-10-15(14,4)5/h7-9H,6,10H2,1-5H3/b11-8+,14-9+. The van der Waals surface area contributed by atoms with Crippen LogP contribution in [-0.2, 0) is 4.79 Å². The molecule has 0 radical (unpaired) electrons. The van der Waals surface area contributed by atoms with Crippen LogP contribution in [0.15, 0.2) is 34.9 Å². The first-order valence-corrected chi connectivity index (χ1v) is 5.92. The van der Waals surface area contributed by atoms with Crippen LogP contribution in [-0.4, -0.2) is 5.78 Å². The Kier molecular flexibility index (Phi) is 3.90. The zero-order valence-corrected chi connectivity index (χ0v) is 11.1. The van der Waals surface area contributed by atoms with Crippen molar-refractivity contribution < 1.29 is 4.79 Å². The lowest BCUT2D eigenvalue weighted by atomic mass is 9.73. The first-order chi connectivity index (χ1) is 7.34. The Bertz CT molecular complexity index is 378. The van der Waals surface area contributed by atoms with Gasteiger partial charge >= 0.3 is 0 Å². The zero-order valence-electron chi connectivity index (χ0n) is 11.1. The molecule has 0 atom stereocenters. The molecule has 0 fully saturated rings. The normalized spacial score (nSPS) is 23.2. The Morgan fingerprint density at radius 1 is 1.38 bits per heavy atom. The topological polar surface area (TPSA) is 17.1 Å². The predicted octanol–water partition coefficient (Wildman–Crippen LogP) is 4.21. The van der Waals surface area contributed by atoms with Crippen molar-refractivity contribution in [3.05, 3.63) is 34.9 Å². The summed E-state index contributed by atoms with van der Waals surface area (Å²) >= 11 is 0. The van der Waals surface area contributed by atoms with E-state index in [-0.39, 0.29) is 11.2 Å². The number of hydrogen-bond donors (Lipinski definition) is 0. The highest BCUT2D eigenvalue weighted by Crippen LogP contribution is 2.40. The van der Waals surface area contributed by atoms with E-state index in [9.17, 15) is 4.79 Å². The van der Waals surface area contributed by atoms with Crippen molar-refractivity contribution in [3.8, 4) is 0 Å². The first-order valence-electron chi connectivity index (χ1n) is 5.92. The molecule has 0 spiro atoms. The summed E-state index contributed by atoms with van der Waals surface area (Å²) in [6.45, 7) is 10.2. The zero-order chi connectivity index (χ0) is 12.3. The molecule has 1 aliphatic carbocycles. The molecule has 0 amide bonds. The minimum Gasteiger partial charge on any atom is -0.295 e. The van der Waals surface area contributed by atoms with Gasteiger partial charge in [0.1, 0.15) is 0 Å². The van der Waals surface area contributed by atoms with Crippen molar-refractivity contribution in [3.63, 3.8) is 0 Å². The van der Waals surface area contributed by atoms with E-state index in [2.05, 4.69) is 32.9 Å². The van der Waals surface area contributed by atoms with Crippen LogP contribution in [0.5, 0.6) is 0 Å². The summed E-state index contributed by atoms with van der Waals surface area (Å²) in [5.41, 5.74) is 3.76. The SMILES string of the molecule is CC(=O)/C(C)=C/C=C1\C(C)=CCCC1(C)C. The highest BCUT2D eigenvalue weighted by atomic mass is 16.1. The fourth-order valence-electron chi connectivity index (χ4n) is 2.11. The van der Waals surface area contributed by atoms with Gasteiger partial charge in [-0.2, -0.15) is 0 Å². The second-order valence-electron chi connectivity index (χ2n) is 5.30. The molecule has 0 N–H and O–H groups in total. The molecule has 0 saturated heterocycles. The Morgan fingerprint density at radius 2 is 2.00 bits per heavy atom. The average Bonchev–Trinajstić information content (AvgIpc) is 2.15. The van der Waals surface area contributed by atoms with Crippen LogP contribution >= 0.6 is 0 Å². The van der Waals surface area contributed by atoms with Crippen LogP contribution in [0.2, 0.25) is 0 Å². The van der Waals surface area contributed by atoms with Crippen molar-refractivity contribution >= 4 is 5.78 Å². The van der Waals surface area contributed by atoms with Crippen molar-refractivity contribution in [2.75, 3.05) is 0 Å². The maximum absolute atomic E-state index is 11.1. The molecule has 0 heterocycles. The van der Waals surface area contributed by atoms with Gasteiger partial charge in [0.15, 0.2) is 5.78 Å². The quantitative estimate of drug-likeness (QED) is 0.634. The molecule has 16 heavy (non-hydrogen) atoms. The Labute approximate surface area is 98.9 Å². The van der Waals surface area contributed by atoms with Crippen LogP contribution in [0, 0.1) is 5.41 Å². The summed E-state index contributed by atoms with van der Waals surface area (Å²) in [5, 5.41) is 0. The van der Waals surface area contributed by atoms with Gasteiger partial charge in [-0.15, -0.1) is 0 Å². The summed E-state index contributed by atoms with van der Waals surface area (Å²) in [4.78, 5) is 11.1. The highest BCUT2D eigenvalue weighted by molar-refractivity contribution is 5.92. The maximum atomic E-state index is 11.1. The molecule has 0 bridgehead atoms. The first kappa shape index (κ1) is 13.0. The van der Waals surface area contributed by atoms with Crippen molar-refractivity contribution in [1.82, 2.24) is 0 Å². The number of carbonyl (C=O) groups excluding carboxylic acids is 1. The minimum atomic E-state index is 0.145. The average molecular weight is 218 g/mol. The lowest BCUT2D eigenvalue weighted by molar-refractivity contribution is -0.113. The summed E-state index contributed by atoms with van der Waals surface area (Å²) < 4.78 is 0. The van der Waals surface area contributed by atoms with E-state index in [0.29, 0.717) is 0 Å². The fourth-order valence-corrected chi connectivity index (χ4v) is 2.11. The molecule has 0 aliphatic heterocycles. The van der Waals surface area contributed by atoms with E-state index in [1.54, 1.807) is 6.92 Å². The van der Waals surface area contributed by atoms with Crippen LogP contribution in [0.1, 0.15) is 47.5 Å². The van der Waals surface area contributed by atoms with Crippen LogP contribution in [0.3, 0.4) is 0 Å². The number of hydrogen-bond acceptors (Lipinski definition) is 1. The van der Waals surface area contributed by atoms with E-state index in [4.69, 9.17) is 0 Å². The summed E-state index contributed by atoms with van der Waals surface area (Å²) in [7, 11) is 0. The molecule has 1 heteroatoms. The third kappa shape index (κ3) is 2.94. The molecule has 1 nitrogen and oxygen atoms in total. The van der Waals surface area contributed by atoms with Crippen LogP contribution in [0.25, 0.3) is 0 Å². The molecule has 88 valence electrons. The van der Waals surface area contributed by atoms with Crippen LogP contribution < -0.4 is 0 Å². The largest absolute Gasteiger partial charge is 0.295 e. The molecule has 0 aromatic rings. The van der Waals surface area contributed by atoms with E-state index in [0.717, 1.165) is 12.0 Å². The third-order valence-corrected chi connectivity index (χ3v) is 3.43. The van der Waals surface area contributed by atoms with Gasteiger partial charge in [0.05, 0.1) is 0 Å². The highest BCUT2D eigenvalue weighted by Gasteiger charge is 2.26. The van der Waals surface area contributed by atoms with Gasteiger partial charge in [-0.3, -0.25) is 4.79 Å². The monoisotopic (exact) mass is 218 g/mol. The van der Waals surface area contributed by atoms with Crippen LogP contribution in [0.4, 0.5) is 0 Å². The Hall–Kier alpha value is -1.11. The summed E-state index contributed by atoms with van der Waals surface area (Å²) in [6.07, 6.45) is 8.69. The second-order valence-corrected chi connectivity index (χ2v) is 5.30. The molecular weight excluding hydrogens is 196 g/mol. The van der Waals surface area contributed by atoms with Gasteiger partial charge < -0.3 is 0 Å². The molecule has 0 unspecified atom stereocenters. The lowest BCUT2D eigenvalue weighted by Crippen LogP contribution is -2.18. The molecule has 0 aromatic heterocycles. The maximum Gasteiger partial charge on any atom is 0.155 e. The van der Waals surface area contributed by atoms with Gasteiger partial charge in [-0.1, -0.05) is 37.6 Å². The van der Waals surface area contributed by atoms with Gasteiger partial charge in [0.2, 0.25) is 0 Å². The predicted molar refractivity (Wildman–Crippen MR) is 69.3 cm³/mol. The smallest absolute Gasteiger partial charge is 0.155 e. The molecular formula is C15H22O. The minimum absolute atomic E-state index is 0.145. The van der Waals surface area contributed by atoms with Gasteiger partial charge in [0, 0.05) is 0 Å². The fraction of sp³-hybridized carbons (Fsp3) is 0.533. The summed E-state index contributed by atoms with van der Waals surface area (Å²) in [6, 6.07) is 0. The molecule has 1 aliphatic rings. The Morgan fingerprint density at radius 3 is 2.50 bits per heavy atom. The van der Waals surface area contributed by atoms with Gasteiger partial charge in [0.25, 0.3) is 0 Å². The second kappa shape index (κ2) is 4.82. The molecule has 1 rings (SSSR count). The number of rotatable bonds is 2. The number of Topliss-reactive ketones (excluding diaryl/α,β-unsaturated/α-hetero) is 1. The number of carbonyl (C=O) groups is 1. The number of allylic oxidation sites excluding steroid dienone is 6. The van der Waals surface area contributed by atoms with E-state index >= 15 is 0 Å². The van der Waals surface area contributed by atoms with E-state index in [1.165, 1.54) is 17.6 Å². The van der Waals surface area contributed by atoms with Gasteiger partial charge in [-0.05, 0) is 50.2 Å². The van der Waals surface area contributed by atoms with Crippen molar-refractivity contribution in [2.45, 2.75) is 47.5 Å². The van der Waals surface area contributed by atoms with Gasteiger partial charge in [-0.25, -0.2) is 0 Å². The van der Waals surface area contributed by atoms with Crippen molar-refractivity contribution in [1.29, 1.82) is 0 Å². The molecule has 0 saturated carbocycles. The van der Waals surface area contributed by atoms with Crippen molar-refractivity contribution in [2.24, 2.45) is 5.41 Å². The molecule has 0 aromatic carbocycles. The summed E-state index contributed by atoms with van der Waals surface area (Å²) in [5.74, 6) is 0.145. The lowest BCUT2D eigenvalue weighted by Gasteiger charge is -2.32.